The average molecular weight is 281 g/mol. The molecule has 1 aliphatic carbocycles. The first kappa shape index (κ1) is 13.7. The lowest BCUT2D eigenvalue weighted by molar-refractivity contribution is 0.240. The first-order valence-electron chi connectivity index (χ1n) is 7.83. The van der Waals surface area contributed by atoms with Crippen LogP contribution < -0.4 is 5.32 Å². The van der Waals surface area contributed by atoms with E-state index in [9.17, 15) is 0 Å². The van der Waals surface area contributed by atoms with Crippen molar-refractivity contribution >= 4 is 16.9 Å². The van der Waals surface area contributed by atoms with Gasteiger partial charge in [0.05, 0.1) is 6.04 Å². The molecular weight excluding hydrogens is 254 g/mol. The molecule has 2 saturated heterocycles. The quantitative estimate of drug-likeness (QED) is 0.801. The number of likely N-dealkylation sites (tertiary alicyclic amines) is 1. The van der Waals surface area contributed by atoms with Crippen LogP contribution in [0.4, 0.5) is 0 Å². The fourth-order valence-corrected chi connectivity index (χ4v) is 5.15. The van der Waals surface area contributed by atoms with E-state index in [1.807, 2.05) is 11.8 Å². The van der Waals surface area contributed by atoms with Crippen LogP contribution in [0.15, 0.2) is 4.99 Å². The predicted molar refractivity (Wildman–Crippen MR) is 83.9 cm³/mol. The molecule has 4 heteroatoms. The van der Waals surface area contributed by atoms with Crippen molar-refractivity contribution in [3.63, 3.8) is 0 Å². The average Bonchev–Trinajstić information content (AvgIpc) is 2.71. The summed E-state index contributed by atoms with van der Waals surface area (Å²) in [6, 6.07) is 0.518. The molecule has 3 atom stereocenters. The van der Waals surface area contributed by atoms with Crippen LogP contribution in [0.25, 0.3) is 0 Å². The van der Waals surface area contributed by atoms with Crippen LogP contribution in [-0.2, 0) is 0 Å². The summed E-state index contributed by atoms with van der Waals surface area (Å²) in [6.07, 6.45) is 8.03. The van der Waals surface area contributed by atoms with E-state index in [1.54, 1.807) is 0 Å². The minimum atomic E-state index is 0.377. The van der Waals surface area contributed by atoms with Crippen LogP contribution in [0.1, 0.15) is 45.4 Å². The zero-order chi connectivity index (χ0) is 13.3. The summed E-state index contributed by atoms with van der Waals surface area (Å²) in [5.41, 5.74) is 0.377. The fourth-order valence-electron chi connectivity index (χ4n) is 3.89. The van der Waals surface area contributed by atoms with E-state index in [-0.39, 0.29) is 0 Å². The molecule has 0 aromatic heterocycles. The van der Waals surface area contributed by atoms with Crippen LogP contribution in [0.2, 0.25) is 0 Å². The van der Waals surface area contributed by atoms with Gasteiger partial charge in [-0.3, -0.25) is 4.99 Å². The number of amidine groups is 1. The minimum Gasteiger partial charge on any atom is -0.359 e. The Labute approximate surface area is 121 Å². The zero-order valence-corrected chi connectivity index (χ0v) is 13.1. The van der Waals surface area contributed by atoms with Crippen molar-refractivity contribution in [3.05, 3.63) is 0 Å². The maximum Gasteiger partial charge on any atom is 0.157 e. The first-order chi connectivity index (χ1) is 9.15. The summed E-state index contributed by atoms with van der Waals surface area (Å²) < 4.78 is 0. The summed E-state index contributed by atoms with van der Waals surface area (Å²) in [7, 11) is 2.21. The number of hydrogen-bond acceptors (Lipinski definition) is 3. The van der Waals surface area contributed by atoms with Gasteiger partial charge in [0.2, 0.25) is 0 Å². The van der Waals surface area contributed by atoms with Gasteiger partial charge in [-0.15, -0.1) is 0 Å². The molecule has 1 saturated carbocycles. The SMILES string of the molecule is CC1CCCC2(CSC(=NC3CCCN(C)C3)N2)C1. The van der Waals surface area contributed by atoms with Gasteiger partial charge in [-0.2, -0.15) is 0 Å². The molecule has 0 amide bonds. The van der Waals surface area contributed by atoms with Gasteiger partial charge in [0.1, 0.15) is 0 Å². The molecule has 0 bridgehead atoms. The standard InChI is InChI=1S/C15H27N3S/c1-12-5-3-7-15(9-12)11-19-14(17-15)16-13-6-4-8-18(2)10-13/h12-13H,3-11H2,1-2H3,(H,16,17). The molecule has 2 aliphatic heterocycles. The maximum atomic E-state index is 4.99. The number of piperidine rings is 1. The highest BCUT2D eigenvalue weighted by Crippen LogP contribution is 2.38. The van der Waals surface area contributed by atoms with Crippen molar-refractivity contribution in [2.24, 2.45) is 10.9 Å². The Hall–Kier alpha value is -0.220. The van der Waals surface area contributed by atoms with Crippen molar-refractivity contribution in [2.75, 3.05) is 25.9 Å². The Bertz CT molecular complexity index is 357. The summed E-state index contributed by atoms with van der Waals surface area (Å²) >= 11 is 1.97. The third kappa shape index (κ3) is 3.27. The van der Waals surface area contributed by atoms with Gasteiger partial charge in [0, 0.05) is 17.8 Å². The molecule has 0 aromatic carbocycles. The van der Waals surface area contributed by atoms with Crippen molar-refractivity contribution in [3.8, 4) is 0 Å². The van der Waals surface area contributed by atoms with Crippen LogP contribution in [-0.4, -0.2) is 47.5 Å². The molecule has 3 rings (SSSR count). The topological polar surface area (TPSA) is 27.6 Å². The predicted octanol–water partition coefficient (Wildman–Crippen LogP) is 2.72. The van der Waals surface area contributed by atoms with Crippen molar-refractivity contribution in [2.45, 2.75) is 57.0 Å². The maximum absolute atomic E-state index is 4.99. The molecule has 3 fully saturated rings. The smallest absolute Gasteiger partial charge is 0.157 e. The van der Waals surface area contributed by atoms with E-state index in [0.717, 1.165) is 12.5 Å². The molecule has 19 heavy (non-hydrogen) atoms. The molecule has 0 radical (unpaired) electrons. The Kier molecular flexibility index (Phi) is 4.08. The molecular formula is C15H27N3S. The minimum absolute atomic E-state index is 0.377. The molecule has 108 valence electrons. The van der Waals surface area contributed by atoms with Crippen LogP contribution in [0.5, 0.6) is 0 Å². The Morgan fingerprint density at radius 3 is 3.05 bits per heavy atom. The van der Waals surface area contributed by atoms with Crippen molar-refractivity contribution < 1.29 is 0 Å². The molecule has 2 heterocycles. The van der Waals surface area contributed by atoms with Gasteiger partial charge in [-0.1, -0.05) is 31.5 Å². The monoisotopic (exact) mass is 281 g/mol. The zero-order valence-electron chi connectivity index (χ0n) is 12.3. The van der Waals surface area contributed by atoms with Gasteiger partial charge in [-0.05, 0) is 45.2 Å². The second-order valence-corrected chi connectivity index (χ2v) is 7.85. The lowest BCUT2D eigenvalue weighted by Crippen LogP contribution is -2.47. The Morgan fingerprint density at radius 1 is 1.37 bits per heavy atom. The second kappa shape index (κ2) is 5.65. The number of likely N-dealkylation sites (N-methyl/N-ethyl adjacent to an activating group) is 1. The van der Waals surface area contributed by atoms with Gasteiger partial charge in [0.25, 0.3) is 0 Å². The Balaban J connectivity index is 1.61. The van der Waals surface area contributed by atoms with E-state index in [4.69, 9.17) is 4.99 Å². The molecule has 1 N–H and O–H groups in total. The van der Waals surface area contributed by atoms with Gasteiger partial charge in [0.15, 0.2) is 5.17 Å². The lowest BCUT2D eigenvalue weighted by Gasteiger charge is -2.36. The largest absolute Gasteiger partial charge is 0.359 e. The van der Waals surface area contributed by atoms with E-state index in [0.29, 0.717) is 11.6 Å². The number of hydrogen-bond donors (Lipinski definition) is 1. The normalized spacial score (nSPS) is 42.7. The number of aliphatic imine (C=N–C) groups is 1. The molecule has 3 aliphatic rings. The fraction of sp³-hybridized carbons (Fsp3) is 0.933. The molecule has 3 nitrogen and oxygen atoms in total. The van der Waals surface area contributed by atoms with Crippen LogP contribution in [0.3, 0.4) is 0 Å². The number of nitrogens with zero attached hydrogens (tertiary/aromatic N) is 2. The van der Waals surface area contributed by atoms with E-state index < -0.39 is 0 Å². The summed E-state index contributed by atoms with van der Waals surface area (Å²) in [5, 5.41) is 5.02. The third-order valence-electron chi connectivity index (χ3n) is 4.85. The van der Waals surface area contributed by atoms with Gasteiger partial charge >= 0.3 is 0 Å². The lowest BCUT2D eigenvalue weighted by atomic mass is 9.78. The highest BCUT2D eigenvalue weighted by molar-refractivity contribution is 8.14. The van der Waals surface area contributed by atoms with E-state index in [2.05, 4.69) is 24.2 Å². The Morgan fingerprint density at radius 2 is 2.26 bits per heavy atom. The molecule has 1 spiro atoms. The third-order valence-corrected chi connectivity index (χ3v) is 6.03. The van der Waals surface area contributed by atoms with Gasteiger partial charge < -0.3 is 10.2 Å². The van der Waals surface area contributed by atoms with E-state index in [1.165, 1.54) is 56.0 Å². The van der Waals surface area contributed by atoms with Crippen LogP contribution >= 0.6 is 11.8 Å². The number of thioether (sulfide) groups is 1. The highest BCUT2D eigenvalue weighted by Gasteiger charge is 2.40. The number of rotatable bonds is 1. The summed E-state index contributed by atoms with van der Waals surface area (Å²) in [4.78, 5) is 7.40. The first-order valence-corrected chi connectivity index (χ1v) is 8.81. The van der Waals surface area contributed by atoms with Crippen molar-refractivity contribution in [1.82, 2.24) is 10.2 Å². The highest BCUT2D eigenvalue weighted by atomic mass is 32.2. The molecule has 0 aromatic rings. The second-order valence-electron chi connectivity index (χ2n) is 6.89. The van der Waals surface area contributed by atoms with E-state index >= 15 is 0 Å². The molecule has 3 unspecified atom stereocenters. The van der Waals surface area contributed by atoms with Crippen molar-refractivity contribution in [1.29, 1.82) is 0 Å². The van der Waals surface area contributed by atoms with Crippen LogP contribution in [0, 0.1) is 5.92 Å². The number of nitrogens with one attached hydrogen (secondary N) is 1. The summed E-state index contributed by atoms with van der Waals surface area (Å²) in [5.74, 6) is 2.11. The summed E-state index contributed by atoms with van der Waals surface area (Å²) in [6.45, 7) is 4.77. The van der Waals surface area contributed by atoms with Gasteiger partial charge in [-0.25, -0.2) is 0 Å².